The number of aromatic hydroxyl groups is 1. The summed E-state index contributed by atoms with van der Waals surface area (Å²) in [5, 5.41) is 26.5. The molecule has 2 N–H and O–H groups in total. The van der Waals surface area contributed by atoms with Gasteiger partial charge < -0.3 is 19.4 Å². The van der Waals surface area contributed by atoms with Gasteiger partial charge in [0.05, 0.1) is 6.61 Å². The molecule has 1 aromatic carbocycles. The summed E-state index contributed by atoms with van der Waals surface area (Å²) in [4.78, 5) is 11.3. The number of rotatable bonds is 6. The lowest BCUT2D eigenvalue weighted by Gasteiger charge is -2.06. The molecule has 8 heteroatoms. The lowest BCUT2D eigenvalue weighted by atomic mass is 10.2. The first-order valence-corrected chi connectivity index (χ1v) is 7.20. The van der Waals surface area contributed by atoms with Crippen molar-refractivity contribution >= 4 is 23.8 Å². The quantitative estimate of drug-likeness (QED) is 0.617. The molecule has 0 saturated heterocycles. The van der Waals surface area contributed by atoms with Crippen molar-refractivity contribution in [3.63, 3.8) is 0 Å². The lowest BCUT2D eigenvalue weighted by molar-refractivity contribution is -0.131. The fourth-order valence-corrected chi connectivity index (χ4v) is 2.31. The van der Waals surface area contributed by atoms with E-state index in [1.165, 1.54) is 12.1 Å². The van der Waals surface area contributed by atoms with E-state index < -0.39 is 5.97 Å². The predicted molar refractivity (Wildman–Crippen MR) is 79.8 cm³/mol. The molecule has 116 valence electrons. The maximum Gasteiger partial charge on any atom is 0.342 e. The molecule has 0 saturated carbocycles. The van der Waals surface area contributed by atoms with Crippen LogP contribution in [0.4, 0.5) is 0 Å². The van der Waals surface area contributed by atoms with Crippen molar-refractivity contribution in [3.8, 4) is 11.5 Å². The third-order valence-electron chi connectivity index (χ3n) is 2.50. The average molecular weight is 322 g/mol. The fourth-order valence-electron chi connectivity index (χ4n) is 1.59. The molecule has 1 heterocycles. The summed E-state index contributed by atoms with van der Waals surface area (Å²) in [5.41, 5.74) is 0.572. The first-order valence-electron chi connectivity index (χ1n) is 6.38. The van der Waals surface area contributed by atoms with Crippen LogP contribution in [-0.2, 0) is 4.79 Å². The van der Waals surface area contributed by atoms with Gasteiger partial charge in [-0.2, -0.15) is 0 Å². The first kappa shape index (κ1) is 15.9. The summed E-state index contributed by atoms with van der Waals surface area (Å²) >= 11 is 0.854. The van der Waals surface area contributed by atoms with Gasteiger partial charge in [-0.15, -0.1) is 10.2 Å². The van der Waals surface area contributed by atoms with Crippen LogP contribution in [0.1, 0.15) is 18.4 Å². The zero-order valence-corrected chi connectivity index (χ0v) is 12.8. The SMILES string of the molecule is CCOc1cc(/C=C(\Sc2nnc(C)o2)C(=O)O)ccc1O. The topological polar surface area (TPSA) is 106 Å². The molecule has 0 amide bonds. The van der Waals surface area contributed by atoms with Crippen LogP contribution in [0.5, 0.6) is 11.5 Å². The summed E-state index contributed by atoms with van der Waals surface area (Å²) in [6.07, 6.45) is 1.44. The monoisotopic (exact) mass is 322 g/mol. The minimum absolute atomic E-state index is 0.00365. The van der Waals surface area contributed by atoms with E-state index in [-0.39, 0.29) is 15.9 Å². The second-order valence-electron chi connectivity index (χ2n) is 4.16. The average Bonchev–Trinajstić information content (AvgIpc) is 2.87. The van der Waals surface area contributed by atoms with E-state index in [9.17, 15) is 15.0 Å². The van der Waals surface area contributed by atoms with Crippen molar-refractivity contribution in [1.82, 2.24) is 10.2 Å². The van der Waals surface area contributed by atoms with Gasteiger partial charge in [-0.05, 0) is 42.5 Å². The van der Waals surface area contributed by atoms with E-state index in [1.54, 1.807) is 26.0 Å². The maximum atomic E-state index is 11.3. The number of benzene rings is 1. The van der Waals surface area contributed by atoms with Crippen LogP contribution >= 0.6 is 11.8 Å². The molecule has 0 spiro atoms. The van der Waals surface area contributed by atoms with E-state index in [1.807, 2.05) is 0 Å². The molecule has 0 fully saturated rings. The van der Waals surface area contributed by atoms with Gasteiger partial charge in [-0.1, -0.05) is 6.07 Å². The Morgan fingerprint density at radius 2 is 2.23 bits per heavy atom. The molecule has 0 aliphatic carbocycles. The van der Waals surface area contributed by atoms with Crippen molar-refractivity contribution in [1.29, 1.82) is 0 Å². The van der Waals surface area contributed by atoms with Crippen LogP contribution in [0.2, 0.25) is 0 Å². The highest BCUT2D eigenvalue weighted by atomic mass is 32.2. The van der Waals surface area contributed by atoms with Crippen LogP contribution < -0.4 is 4.74 Å². The first-order chi connectivity index (χ1) is 10.5. The number of hydrogen-bond acceptors (Lipinski definition) is 7. The number of ether oxygens (including phenoxy) is 1. The summed E-state index contributed by atoms with van der Waals surface area (Å²) < 4.78 is 10.4. The number of phenolic OH excluding ortho intramolecular Hbond substituents is 1. The molecule has 0 unspecified atom stereocenters. The Balaban J connectivity index is 2.29. The van der Waals surface area contributed by atoms with Crippen LogP contribution in [0, 0.1) is 6.92 Å². The van der Waals surface area contributed by atoms with E-state index in [0.717, 1.165) is 11.8 Å². The molecule has 22 heavy (non-hydrogen) atoms. The smallest absolute Gasteiger partial charge is 0.342 e. The summed E-state index contributed by atoms with van der Waals surface area (Å²) in [6.45, 7) is 3.80. The number of carboxylic acid groups (broad SMARTS) is 1. The number of carbonyl (C=O) groups is 1. The normalized spacial score (nSPS) is 11.5. The number of nitrogens with zero attached hydrogens (tertiary/aromatic N) is 2. The lowest BCUT2D eigenvalue weighted by Crippen LogP contribution is -1.97. The highest BCUT2D eigenvalue weighted by Gasteiger charge is 2.14. The molecule has 2 aromatic rings. The second-order valence-corrected chi connectivity index (χ2v) is 5.16. The van der Waals surface area contributed by atoms with Gasteiger partial charge in [0.1, 0.15) is 4.91 Å². The van der Waals surface area contributed by atoms with Gasteiger partial charge in [0.15, 0.2) is 11.5 Å². The van der Waals surface area contributed by atoms with Crippen molar-refractivity contribution in [2.45, 2.75) is 19.1 Å². The van der Waals surface area contributed by atoms with Crippen molar-refractivity contribution in [2.24, 2.45) is 0 Å². The third-order valence-corrected chi connectivity index (χ3v) is 3.35. The number of hydrogen-bond donors (Lipinski definition) is 2. The Hall–Kier alpha value is -2.48. The van der Waals surface area contributed by atoms with E-state index in [0.29, 0.717) is 23.8 Å². The Labute approximate surface area is 130 Å². The highest BCUT2D eigenvalue weighted by molar-refractivity contribution is 8.03. The molecule has 0 aliphatic heterocycles. The van der Waals surface area contributed by atoms with E-state index in [2.05, 4.69) is 10.2 Å². The molecule has 2 rings (SSSR count). The van der Waals surface area contributed by atoms with Crippen molar-refractivity contribution in [2.75, 3.05) is 6.61 Å². The van der Waals surface area contributed by atoms with Gasteiger partial charge in [0.2, 0.25) is 5.89 Å². The Kier molecular flexibility index (Phi) is 5.05. The molecule has 7 nitrogen and oxygen atoms in total. The summed E-state index contributed by atoms with van der Waals surface area (Å²) in [6, 6.07) is 4.58. The van der Waals surface area contributed by atoms with Crippen molar-refractivity contribution < 1.29 is 24.2 Å². The molecule has 0 bridgehead atoms. The highest BCUT2D eigenvalue weighted by Crippen LogP contribution is 2.31. The second kappa shape index (κ2) is 6.99. The van der Waals surface area contributed by atoms with Gasteiger partial charge in [0, 0.05) is 6.92 Å². The number of aliphatic carboxylic acids is 1. The standard InChI is InChI=1S/C14H14N2O5S/c1-3-20-11-6-9(4-5-10(11)17)7-12(13(18)19)22-14-16-15-8(2)21-14/h4-7,17H,3H2,1-2H3,(H,18,19)/b12-7-. The number of aryl methyl sites for hydroxylation is 1. The minimum atomic E-state index is -1.12. The van der Waals surface area contributed by atoms with Gasteiger partial charge in [0.25, 0.3) is 5.22 Å². The minimum Gasteiger partial charge on any atom is -0.504 e. The van der Waals surface area contributed by atoms with E-state index in [4.69, 9.17) is 9.15 Å². The van der Waals surface area contributed by atoms with Crippen LogP contribution in [-0.4, -0.2) is 33.0 Å². The fraction of sp³-hybridized carbons (Fsp3) is 0.214. The predicted octanol–water partition coefficient (Wildman–Crippen LogP) is 2.70. The van der Waals surface area contributed by atoms with Gasteiger partial charge in [-0.3, -0.25) is 0 Å². The molecule has 0 aliphatic rings. The molecule has 0 radical (unpaired) electrons. The number of aromatic nitrogens is 2. The third kappa shape index (κ3) is 4.01. The molecular weight excluding hydrogens is 308 g/mol. The number of thioether (sulfide) groups is 1. The largest absolute Gasteiger partial charge is 0.504 e. The zero-order valence-electron chi connectivity index (χ0n) is 11.9. The molecular formula is C14H14N2O5S. The van der Waals surface area contributed by atoms with Crippen LogP contribution in [0.25, 0.3) is 6.08 Å². The Morgan fingerprint density at radius 1 is 1.45 bits per heavy atom. The maximum absolute atomic E-state index is 11.3. The number of phenols is 1. The zero-order chi connectivity index (χ0) is 16.1. The molecule has 0 atom stereocenters. The summed E-state index contributed by atoms with van der Waals surface area (Å²) in [5.74, 6) is -0.474. The van der Waals surface area contributed by atoms with Gasteiger partial charge in [-0.25, -0.2) is 4.79 Å². The Morgan fingerprint density at radius 3 is 2.82 bits per heavy atom. The number of carboxylic acids is 1. The van der Waals surface area contributed by atoms with Crippen molar-refractivity contribution in [3.05, 3.63) is 34.6 Å². The van der Waals surface area contributed by atoms with Crippen LogP contribution in [0.15, 0.2) is 32.7 Å². The molecule has 1 aromatic heterocycles. The summed E-state index contributed by atoms with van der Waals surface area (Å²) in [7, 11) is 0. The van der Waals surface area contributed by atoms with Crippen LogP contribution in [0.3, 0.4) is 0 Å². The van der Waals surface area contributed by atoms with E-state index >= 15 is 0 Å². The Bertz CT molecular complexity index is 711. The van der Waals surface area contributed by atoms with Gasteiger partial charge >= 0.3 is 5.97 Å².